The van der Waals surface area contributed by atoms with E-state index < -0.39 is 18.2 Å². The number of fused-ring (bicyclic) bond motifs is 3. The van der Waals surface area contributed by atoms with Gasteiger partial charge in [-0.2, -0.15) is 23.8 Å². The first kappa shape index (κ1) is 22.7. The van der Waals surface area contributed by atoms with Crippen LogP contribution in [0.4, 0.5) is 4.39 Å². The van der Waals surface area contributed by atoms with Gasteiger partial charge in [0.1, 0.15) is 11.4 Å². The van der Waals surface area contributed by atoms with Crippen molar-refractivity contribution in [2.75, 3.05) is 0 Å². The Morgan fingerprint density at radius 3 is 2.66 bits per heavy atom. The van der Waals surface area contributed by atoms with Crippen LogP contribution < -0.4 is 4.57 Å². The van der Waals surface area contributed by atoms with Gasteiger partial charge in [0.15, 0.2) is 0 Å². The summed E-state index contributed by atoms with van der Waals surface area (Å²) in [5.41, 5.74) is 4.96. The van der Waals surface area contributed by atoms with Crippen LogP contribution in [-0.2, 0) is 20.1 Å². The van der Waals surface area contributed by atoms with Gasteiger partial charge in [0.25, 0.3) is 0 Å². The summed E-state index contributed by atoms with van der Waals surface area (Å²) >= 11 is 0. The standard InChI is InChI=1S/C19H10FN2O.C13H12N.Ir/c1-11-7-17(22-10-16(11)20)15-4-2-3-14-13-6-5-12(9-21)8-18(13)23-19(14)15;1-11-7-3-4-8-12(11)13-9-5-6-10-14(13)2;/h2-3,5-8,10H,1H3;3-10H,1-2H2;/q2*-1;+3/i1D3;;. The first-order valence-corrected chi connectivity index (χ1v) is 11.3. The van der Waals surface area contributed by atoms with Crippen molar-refractivity contribution in [1.29, 1.82) is 5.26 Å². The number of pyridine rings is 2. The van der Waals surface area contributed by atoms with Crippen molar-refractivity contribution < 1.29 is 37.6 Å². The van der Waals surface area contributed by atoms with E-state index in [9.17, 15) is 4.39 Å². The molecule has 0 aliphatic heterocycles. The van der Waals surface area contributed by atoms with Gasteiger partial charge in [-0.05, 0) is 30.2 Å². The van der Waals surface area contributed by atoms with E-state index in [4.69, 9.17) is 13.8 Å². The SMILES string of the molecule is [2H]C([2H])([2H])c1cc(-c2[c-]ccc3c2oc2cc(C#N)ccc23)ncc1F.[CH2-]c1ccccc1-c1cccc[n+]1[CH2-].[Ir+3]. The van der Waals surface area contributed by atoms with Crippen LogP contribution in [0.25, 0.3) is 44.5 Å². The number of rotatable bonds is 2. The average molecular weight is 679 g/mol. The predicted octanol–water partition coefficient (Wildman–Crippen LogP) is 7.23. The number of aromatic nitrogens is 2. The molecule has 0 saturated carbocycles. The molecular weight excluding hydrogens is 654 g/mol. The Kier molecular flexibility index (Phi) is 6.77. The number of hydrogen-bond acceptors (Lipinski definition) is 3. The molecule has 6 aromatic rings. The molecule has 0 aliphatic carbocycles. The number of aryl methyl sites for hydroxylation is 1. The molecule has 0 saturated heterocycles. The summed E-state index contributed by atoms with van der Waals surface area (Å²) in [4.78, 5) is 4.01. The Morgan fingerprint density at radius 1 is 1.08 bits per heavy atom. The van der Waals surface area contributed by atoms with E-state index in [1.165, 1.54) is 6.07 Å². The molecule has 0 N–H and O–H groups in total. The normalized spacial score (nSPS) is 11.8. The maximum atomic E-state index is 13.9. The molecule has 186 valence electrons. The summed E-state index contributed by atoms with van der Waals surface area (Å²) in [6.07, 6.45) is 2.82. The zero-order chi connectivity index (χ0) is 28.4. The Morgan fingerprint density at radius 2 is 1.89 bits per heavy atom. The number of nitrogens with zero attached hydrogens (tertiary/aromatic N) is 3. The quantitative estimate of drug-likeness (QED) is 0.144. The monoisotopic (exact) mass is 679 g/mol. The van der Waals surface area contributed by atoms with Crippen LogP contribution in [-0.4, -0.2) is 4.98 Å². The molecule has 0 aliphatic rings. The average Bonchev–Trinajstić information content (AvgIpc) is 3.32. The summed E-state index contributed by atoms with van der Waals surface area (Å²) in [6.45, 7) is 1.40. The second kappa shape index (κ2) is 11.3. The Bertz CT molecular complexity index is 1870. The molecule has 3 heterocycles. The third kappa shape index (κ3) is 5.17. The fraction of sp³-hybridized carbons (Fsp3) is 0.0312. The molecule has 6 rings (SSSR count). The topological polar surface area (TPSA) is 53.7 Å². The zero-order valence-corrected chi connectivity index (χ0v) is 22.4. The molecule has 4 nitrogen and oxygen atoms in total. The largest absolute Gasteiger partial charge is 3.00 e. The van der Waals surface area contributed by atoms with Gasteiger partial charge in [-0.25, -0.2) is 4.39 Å². The van der Waals surface area contributed by atoms with Gasteiger partial charge in [0.05, 0.1) is 35.3 Å². The van der Waals surface area contributed by atoms with Gasteiger partial charge in [-0.15, -0.1) is 35.9 Å². The van der Waals surface area contributed by atoms with E-state index in [0.29, 0.717) is 22.3 Å². The Labute approximate surface area is 238 Å². The molecule has 0 amide bonds. The van der Waals surface area contributed by atoms with E-state index in [2.05, 4.69) is 37.2 Å². The summed E-state index contributed by atoms with van der Waals surface area (Å²) in [5.74, 6) is -0.885. The first-order valence-electron chi connectivity index (χ1n) is 12.8. The van der Waals surface area contributed by atoms with Gasteiger partial charge >= 0.3 is 20.1 Å². The van der Waals surface area contributed by atoms with Gasteiger partial charge in [0.2, 0.25) is 0 Å². The number of nitriles is 1. The number of benzene rings is 3. The molecule has 0 radical (unpaired) electrons. The van der Waals surface area contributed by atoms with Crippen molar-refractivity contribution in [3.8, 4) is 28.6 Å². The van der Waals surface area contributed by atoms with Crippen molar-refractivity contribution >= 4 is 21.9 Å². The third-order valence-electron chi connectivity index (χ3n) is 5.91. The van der Waals surface area contributed by atoms with E-state index in [1.54, 1.807) is 24.3 Å². The van der Waals surface area contributed by atoms with Gasteiger partial charge < -0.3 is 14.0 Å². The molecule has 0 fully saturated rings. The molecule has 3 aromatic carbocycles. The minimum absolute atomic E-state index is 0. The van der Waals surface area contributed by atoms with Gasteiger partial charge in [0, 0.05) is 16.5 Å². The second-order valence-electron chi connectivity index (χ2n) is 8.28. The predicted molar refractivity (Wildman–Crippen MR) is 142 cm³/mol. The summed E-state index contributed by atoms with van der Waals surface area (Å²) in [5, 5.41) is 10.6. The van der Waals surface area contributed by atoms with Crippen LogP contribution in [0.3, 0.4) is 0 Å². The van der Waals surface area contributed by atoms with Crippen molar-refractivity contribution in [3.05, 3.63) is 134 Å². The molecule has 0 spiro atoms. The Balaban J connectivity index is 0.000000219. The van der Waals surface area contributed by atoms with Gasteiger partial charge in [-0.3, -0.25) is 0 Å². The summed E-state index contributed by atoms with van der Waals surface area (Å²) in [7, 11) is 3.93. The van der Waals surface area contributed by atoms with E-state index >= 15 is 0 Å². The van der Waals surface area contributed by atoms with Crippen LogP contribution in [0.2, 0.25) is 0 Å². The minimum atomic E-state index is -2.59. The van der Waals surface area contributed by atoms with E-state index in [-0.39, 0.29) is 25.8 Å². The number of halogens is 1. The molecule has 0 unspecified atom stereocenters. The number of furan rings is 1. The van der Waals surface area contributed by atoms with Crippen molar-refractivity contribution in [3.63, 3.8) is 0 Å². The molecule has 38 heavy (non-hydrogen) atoms. The number of hydrogen-bond donors (Lipinski definition) is 0. The maximum Gasteiger partial charge on any atom is 3.00 e. The first-order chi connectivity index (χ1) is 19.2. The molecule has 0 bridgehead atoms. The van der Waals surface area contributed by atoms with E-state index in [0.717, 1.165) is 33.8 Å². The minimum Gasteiger partial charge on any atom is -0.501 e. The van der Waals surface area contributed by atoms with Crippen LogP contribution in [0, 0.1) is 44.0 Å². The Hall–Kier alpha value is -4.43. The van der Waals surface area contributed by atoms with Crippen molar-refractivity contribution in [2.45, 2.75) is 6.85 Å². The van der Waals surface area contributed by atoms with Crippen molar-refractivity contribution in [1.82, 2.24) is 4.98 Å². The molecule has 0 atom stereocenters. The van der Waals surface area contributed by atoms with Crippen LogP contribution in [0.15, 0.2) is 95.7 Å². The summed E-state index contributed by atoms with van der Waals surface area (Å²) < 4.78 is 44.0. The smallest absolute Gasteiger partial charge is 0.501 e. The van der Waals surface area contributed by atoms with Gasteiger partial charge in [-0.1, -0.05) is 47.3 Å². The molecular formula is C32H22FIrN3O+. The van der Waals surface area contributed by atoms with Crippen molar-refractivity contribution in [2.24, 2.45) is 0 Å². The zero-order valence-electron chi connectivity index (χ0n) is 23.0. The fourth-order valence-corrected chi connectivity index (χ4v) is 4.07. The summed E-state index contributed by atoms with van der Waals surface area (Å²) in [6, 6.07) is 28.9. The van der Waals surface area contributed by atoms with Crippen LogP contribution in [0.1, 0.15) is 20.8 Å². The van der Waals surface area contributed by atoms with Crippen LogP contribution >= 0.6 is 0 Å². The third-order valence-corrected chi connectivity index (χ3v) is 5.91. The maximum absolute atomic E-state index is 13.9. The van der Waals surface area contributed by atoms with Crippen LogP contribution in [0.5, 0.6) is 0 Å². The fourth-order valence-electron chi connectivity index (χ4n) is 4.07. The van der Waals surface area contributed by atoms with E-state index in [1.807, 2.05) is 53.2 Å². The molecule has 3 aromatic heterocycles. The molecule has 6 heteroatoms. The second-order valence-corrected chi connectivity index (χ2v) is 8.28.